The summed E-state index contributed by atoms with van der Waals surface area (Å²) < 4.78 is 5.59. The number of rotatable bonds is 3. The van der Waals surface area contributed by atoms with E-state index in [1.807, 2.05) is 18.2 Å². The van der Waals surface area contributed by atoms with Crippen molar-refractivity contribution in [2.75, 3.05) is 0 Å². The molecular weight excluding hydrogens is 238 g/mol. The van der Waals surface area contributed by atoms with E-state index in [0.29, 0.717) is 22.2 Å². The number of halogens is 1. The molecule has 2 aromatic rings. The second kappa shape index (κ2) is 5.30. The third-order valence-electron chi connectivity index (χ3n) is 2.08. The van der Waals surface area contributed by atoms with Crippen molar-refractivity contribution in [1.82, 2.24) is 0 Å². The van der Waals surface area contributed by atoms with Gasteiger partial charge in [0, 0.05) is 0 Å². The average Bonchev–Trinajstić information content (AvgIpc) is 2.35. The molecule has 0 aliphatic heterocycles. The van der Waals surface area contributed by atoms with Crippen LogP contribution in [-0.4, -0.2) is 6.08 Å². The molecule has 0 atom stereocenters. The van der Waals surface area contributed by atoms with Crippen LogP contribution in [0.5, 0.6) is 11.5 Å². The molecule has 0 fully saturated rings. The fraction of sp³-hybridized carbons (Fsp3) is 0. The van der Waals surface area contributed by atoms with E-state index in [-0.39, 0.29) is 0 Å². The third-order valence-corrected chi connectivity index (χ3v) is 2.37. The van der Waals surface area contributed by atoms with E-state index < -0.39 is 0 Å². The second-order valence-electron chi connectivity index (χ2n) is 3.21. The molecule has 0 aromatic heterocycles. The SMILES string of the molecule is O=C=Nc1cccc(Cl)c1Oc1ccccc1. The lowest BCUT2D eigenvalue weighted by Gasteiger charge is -2.08. The van der Waals surface area contributed by atoms with Crippen molar-refractivity contribution in [1.29, 1.82) is 0 Å². The zero-order chi connectivity index (χ0) is 12.1. The molecule has 84 valence electrons. The van der Waals surface area contributed by atoms with E-state index in [2.05, 4.69) is 4.99 Å². The van der Waals surface area contributed by atoms with Crippen LogP contribution in [0.3, 0.4) is 0 Å². The van der Waals surface area contributed by atoms with Crippen LogP contribution in [0.25, 0.3) is 0 Å². The Morgan fingerprint density at radius 1 is 1.06 bits per heavy atom. The van der Waals surface area contributed by atoms with Crippen molar-refractivity contribution >= 4 is 23.4 Å². The molecule has 0 saturated carbocycles. The molecule has 0 bridgehead atoms. The van der Waals surface area contributed by atoms with Crippen molar-refractivity contribution in [3.63, 3.8) is 0 Å². The highest BCUT2D eigenvalue weighted by Crippen LogP contribution is 2.37. The predicted octanol–water partition coefficient (Wildman–Crippen LogP) is 4.10. The Morgan fingerprint density at radius 2 is 1.82 bits per heavy atom. The maximum Gasteiger partial charge on any atom is 0.240 e. The molecule has 2 rings (SSSR count). The molecule has 2 aromatic carbocycles. The summed E-state index contributed by atoms with van der Waals surface area (Å²) in [5.74, 6) is 0.978. The summed E-state index contributed by atoms with van der Waals surface area (Å²) in [7, 11) is 0. The Balaban J connectivity index is 2.41. The molecule has 17 heavy (non-hydrogen) atoms. The van der Waals surface area contributed by atoms with E-state index in [4.69, 9.17) is 16.3 Å². The molecule has 0 saturated heterocycles. The third kappa shape index (κ3) is 2.72. The van der Waals surface area contributed by atoms with Crippen molar-refractivity contribution in [3.05, 3.63) is 53.6 Å². The lowest BCUT2D eigenvalue weighted by Crippen LogP contribution is -1.85. The Bertz CT molecular complexity index is 563. The Kier molecular flexibility index (Phi) is 3.55. The molecule has 0 unspecified atom stereocenters. The lowest BCUT2D eigenvalue weighted by molar-refractivity contribution is 0.484. The lowest BCUT2D eigenvalue weighted by atomic mass is 10.3. The van der Waals surface area contributed by atoms with E-state index in [1.54, 1.807) is 30.3 Å². The van der Waals surface area contributed by atoms with Crippen LogP contribution in [0.1, 0.15) is 0 Å². The summed E-state index contributed by atoms with van der Waals surface area (Å²) in [6, 6.07) is 14.1. The fourth-order valence-electron chi connectivity index (χ4n) is 1.34. The number of para-hydroxylation sites is 2. The normalized spacial score (nSPS) is 9.47. The van der Waals surface area contributed by atoms with Crippen molar-refractivity contribution in [2.45, 2.75) is 0 Å². The Hall–Kier alpha value is -2.09. The van der Waals surface area contributed by atoms with Crippen LogP contribution in [0.2, 0.25) is 5.02 Å². The van der Waals surface area contributed by atoms with Crippen molar-refractivity contribution in [3.8, 4) is 11.5 Å². The standard InChI is InChI=1S/C13H8ClNO2/c14-11-7-4-8-12(15-9-16)13(11)17-10-5-2-1-3-6-10/h1-8H. The van der Waals surface area contributed by atoms with Crippen molar-refractivity contribution < 1.29 is 9.53 Å². The average molecular weight is 246 g/mol. The summed E-state index contributed by atoms with van der Waals surface area (Å²) >= 11 is 6.00. The van der Waals surface area contributed by atoms with E-state index in [1.165, 1.54) is 6.08 Å². The van der Waals surface area contributed by atoms with Gasteiger partial charge in [-0.3, -0.25) is 0 Å². The molecule has 0 N–H and O–H groups in total. The van der Waals surface area contributed by atoms with Crippen LogP contribution in [-0.2, 0) is 4.79 Å². The monoisotopic (exact) mass is 245 g/mol. The van der Waals surface area contributed by atoms with Crippen LogP contribution in [0.4, 0.5) is 5.69 Å². The number of hydrogen-bond donors (Lipinski definition) is 0. The Labute approximate surface area is 103 Å². The predicted molar refractivity (Wildman–Crippen MR) is 65.7 cm³/mol. The smallest absolute Gasteiger partial charge is 0.240 e. The second-order valence-corrected chi connectivity index (χ2v) is 3.61. The molecule has 0 heterocycles. The van der Waals surface area contributed by atoms with Crippen LogP contribution >= 0.6 is 11.6 Å². The molecule has 0 aliphatic carbocycles. The largest absolute Gasteiger partial charge is 0.453 e. The molecule has 4 heteroatoms. The van der Waals surface area contributed by atoms with Gasteiger partial charge in [0.15, 0.2) is 5.75 Å². The minimum absolute atomic E-state index is 0.351. The number of ether oxygens (including phenoxy) is 1. The minimum Gasteiger partial charge on any atom is -0.453 e. The first kappa shape index (κ1) is 11.4. The highest BCUT2D eigenvalue weighted by molar-refractivity contribution is 6.32. The van der Waals surface area contributed by atoms with Gasteiger partial charge in [0.2, 0.25) is 6.08 Å². The fourth-order valence-corrected chi connectivity index (χ4v) is 1.55. The zero-order valence-corrected chi connectivity index (χ0v) is 9.52. The molecule has 0 radical (unpaired) electrons. The maximum atomic E-state index is 10.3. The molecule has 3 nitrogen and oxygen atoms in total. The summed E-state index contributed by atoms with van der Waals surface area (Å²) in [4.78, 5) is 13.8. The van der Waals surface area contributed by atoms with Crippen LogP contribution in [0.15, 0.2) is 53.5 Å². The van der Waals surface area contributed by atoms with Crippen LogP contribution < -0.4 is 4.74 Å². The number of carbonyl (C=O) groups excluding carboxylic acids is 1. The topological polar surface area (TPSA) is 38.7 Å². The van der Waals surface area contributed by atoms with Gasteiger partial charge in [-0.2, -0.15) is 4.99 Å². The van der Waals surface area contributed by atoms with Gasteiger partial charge in [-0.05, 0) is 24.3 Å². The van der Waals surface area contributed by atoms with Crippen molar-refractivity contribution in [2.24, 2.45) is 4.99 Å². The molecule has 0 amide bonds. The Morgan fingerprint density at radius 3 is 2.53 bits per heavy atom. The summed E-state index contributed by atoms with van der Waals surface area (Å²) in [6.45, 7) is 0. The molecule has 0 aliphatic rings. The number of isocyanates is 1. The zero-order valence-electron chi connectivity index (χ0n) is 8.76. The van der Waals surface area contributed by atoms with Gasteiger partial charge in [-0.25, -0.2) is 4.79 Å². The van der Waals surface area contributed by atoms with Crippen LogP contribution in [0, 0.1) is 0 Å². The number of benzene rings is 2. The molecular formula is C13H8ClNO2. The highest BCUT2D eigenvalue weighted by Gasteiger charge is 2.08. The summed E-state index contributed by atoms with van der Waals surface area (Å²) in [6.07, 6.45) is 1.47. The van der Waals surface area contributed by atoms with Gasteiger partial charge < -0.3 is 4.74 Å². The first-order valence-corrected chi connectivity index (χ1v) is 5.28. The van der Waals surface area contributed by atoms with E-state index >= 15 is 0 Å². The van der Waals surface area contributed by atoms with Gasteiger partial charge in [0.05, 0.1) is 5.02 Å². The number of nitrogens with zero attached hydrogens (tertiary/aromatic N) is 1. The van der Waals surface area contributed by atoms with E-state index in [9.17, 15) is 4.79 Å². The van der Waals surface area contributed by atoms with Gasteiger partial charge >= 0.3 is 0 Å². The quantitative estimate of drug-likeness (QED) is 0.603. The number of aliphatic imine (C=N–C) groups is 1. The van der Waals surface area contributed by atoms with Gasteiger partial charge in [0.25, 0.3) is 0 Å². The van der Waals surface area contributed by atoms with Gasteiger partial charge in [-0.1, -0.05) is 35.9 Å². The highest BCUT2D eigenvalue weighted by atomic mass is 35.5. The van der Waals surface area contributed by atoms with Gasteiger partial charge in [-0.15, -0.1) is 0 Å². The minimum atomic E-state index is 0.351. The summed E-state index contributed by atoms with van der Waals surface area (Å²) in [5.41, 5.74) is 0.358. The maximum absolute atomic E-state index is 10.3. The summed E-state index contributed by atoms with van der Waals surface area (Å²) in [5, 5.41) is 0.394. The first-order chi connectivity index (χ1) is 8.31. The first-order valence-electron chi connectivity index (χ1n) is 4.90. The van der Waals surface area contributed by atoms with E-state index in [0.717, 1.165) is 0 Å². The number of hydrogen-bond acceptors (Lipinski definition) is 3. The van der Waals surface area contributed by atoms with Gasteiger partial charge in [0.1, 0.15) is 11.4 Å². The molecule has 0 spiro atoms.